The van der Waals surface area contributed by atoms with Crippen LogP contribution in [-0.4, -0.2) is 48.2 Å². The molecule has 1 unspecified atom stereocenters. The average molecular weight is 343 g/mol. The quantitative estimate of drug-likeness (QED) is 0.846. The number of carbonyl (C=O) groups excluding carboxylic acids is 1. The van der Waals surface area contributed by atoms with E-state index < -0.39 is 35.5 Å². The number of aromatic nitrogens is 4. The molecule has 3 heterocycles. The first-order chi connectivity index (χ1) is 11.2. The second kappa shape index (κ2) is 5.35. The van der Waals surface area contributed by atoms with Gasteiger partial charge in [-0.1, -0.05) is 0 Å². The van der Waals surface area contributed by atoms with Crippen molar-refractivity contribution in [2.45, 2.75) is 18.6 Å². The lowest BCUT2D eigenvalue weighted by Gasteiger charge is -2.31. The molecule has 11 heteroatoms. The Hall–Kier alpha value is -2.85. The number of alkyl halides is 3. The molecule has 2 aromatic rings. The summed E-state index contributed by atoms with van der Waals surface area (Å²) in [4.78, 5) is 31.7. The lowest BCUT2D eigenvalue weighted by molar-refractivity contribution is -0.144. The summed E-state index contributed by atoms with van der Waals surface area (Å²) in [5.74, 6) is -2.20. The molecule has 0 saturated heterocycles. The van der Waals surface area contributed by atoms with Crippen LogP contribution >= 0.6 is 0 Å². The molecule has 1 aliphatic heterocycles. The monoisotopic (exact) mass is 343 g/mol. The van der Waals surface area contributed by atoms with Gasteiger partial charge in [0.2, 0.25) is 0 Å². The van der Waals surface area contributed by atoms with E-state index in [1.165, 1.54) is 6.33 Å². The number of aromatic amines is 1. The molecule has 8 nitrogen and oxygen atoms in total. The van der Waals surface area contributed by atoms with Crippen molar-refractivity contribution in [3.63, 3.8) is 0 Å². The van der Waals surface area contributed by atoms with E-state index in [2.05, 4.69) is 15.1 Å². The third-order valence-electron chi connectivity index (χ3n) is 3.81. The molecule has 1 atom stereocenters. The van der Waals surface area contributed by atoms with Gasteiger partial charge in [0.25, 0.3) is 5.91 Å². The van der Waals surface area contributed by atoms with E-state index in [1.807, 2.05) is 0 Å². The molecule has 0 fully saturated rings. The van der Waals surface area contributed by atoms with Crippen LogP contribution in [0.1, 0.15) is 33.6 Å². The molecule has 0 aromatic carbocycles. The zero-order chi connectivity index (χ0) is 17.6. The Labute approximate surface area is 132 Å². The van der Waals surface area contributed by atoms with E-state index in [0.29, 0.717) is 22.9 Å². The van der Waals surface area contributed by atoms with Gasteiger partial charge in [-0.25, -0.2) is 9.78 Å². The van der Waals surface area contributed by atoms with Gasteiger partial charge in [-0.2, -0.15) is 18.3 Å². The lowest BCUT2D eigenvalue weighted by atomic mass is 10.0. The number of aryl methyl sites for hydroxylation is 1. The van der Waals surface area contributed by atoms with E-state index in [9.17, 15) is 27.9 Å². The molecule has 1 aliphatic rings. The van der Waals surface area contributed by atoms with Gasteiger partial charge in [-0.15, -0.1) is 0 Å². The van der Waals surface area contributed by atoms with Crippen molar-refractivity contribution in [2.24, 2.45) is 7.05 Å². The molecule has 0 spiro atoms. The highest BCUT2D eigenvalue weighted by Gasteiger charge is 2.41. The number of amides is 1. The average Bonchev–Trinajstić information content (AvgIpc) is 3.10. The highest BCUT2D eigenvalue weighted by Crippen LogP contribution is 2.32. The Morgan fingerprint density at radius 3 is 2.71 bits per heavy atom. The molecule has 0 radical (unpaired) electrons. The van der Waals surface area contributed by atoms with Gasteiger partial charge in [-0.3, -0.25) is 9.48 Å². The summed E-state index contributed by atoms with van der Waals surface area (Å²) < 4.78 is 39.1. The molecule has 2 N–H and O–H groups in total. The minimum atomic E-state index is -4.66. The molecule has 1 amide bonds. The predicted molar refractivity (Wildman–Crippen MR) is 71.9 cm³/mol. The van der Waals surface area contributed by atoms with E-state index in [0.717, 1.165) is 11.9 Å². The summed E-state index contributed by atoms with van der Waals surface area (Å²) >= 11 is 0. The molecule has 3 rings (SSSR count). The molecule has 0 bridgehead atoms. The molecule has 0 aliphatic carbocycles. The van der Waals surface area contributed by atoms with Crippen molar-refractivity contribution < 1.29 is 27.9 Å². The minimum Gasteiger partial charge on any atom is -0.479 e. The van der Waals surface area contributed by atoms with Gasteiger partial charge < -0.3 is 15.0 Å². The van der Waals surface area contributed by atoms with Crippen LogP contribution < -0.4 is 0 Å². The Morgan fingerprint density at radius 1 is 1.42 bits per heavy atom. The van der Waals surface area contributed by atoms with Gasteiger partial charge in [0, 0.05) is 31.8 Å². The number of nitrogens with zero attached hydrogens (tertiary/aromatic N) is 4. The Balaban J connectivity index is 1.97. The number of halogens is 3. The second-order valence-corrected chi connectivity index (χ2v) is 5.29. The highest BCUT2D eigenvalue weighted by molar-refractivity contribution is 5.95. The van der Waals surface area contributed by atoms with Gasteiger partial charge >= 0.3 is 12.1 Å². The molecule has 128 valence electrons. The first-order valence-electron chi connectivity index (χ1n) is 6.87. The Bertz CT molecular complexity index is 810. The van der Waals surface area contributed by atoms with Crippen LogP contribution in [0.25, 0.3) is 0 Å². The van der Waals surface area contributed by atoms with Crippen LogP contribution in [0.2, 0.25) is 0 Å². The maximum atomic E-state index is 12.8. The number of rotatable bonds is 2. The summed E-state index contributed by atoms with van der Waals surface area (Å²) in [6.07, 6.45) is -3.02. The summed E-state index contributed by atoms with van der Waals surface area (Å²) in [6, 6.07) is -0.759. The van der Waals surface area contributed by atoms with E-state index in [1.54, 1.807) is 0 Å². The smallest absolute Gasteiger partial charge is 0.433 e. The summed E-state index contributed by atoms with van der Waals surface area (Å²) in [7, 11) is 1.07. The third kappa shape index (κ3) is 2.51. The molecular formula is C13H12F3N5O3. The maximum Gasteiger partial charge on any atom is 0.433 e. The van der Waals surface area contributed by atoms with Crippen molar-refractivity contribution in [2.75, 3.05) is 6.54 Å². The van der Waals surface area contributed by atoms with Crippen molar-refractivity contribution in [1.29, 1.82) is 0 Å². The number of aliphatic carboxylic acids is 1. The molecular weight excluding hydrogens is 331 g/mol. The standard InChI is InChI=1S/C13H12F3N5O3/c1-20-8(13(14,15)16)4-7(19-20)11(22)21-3-2-6-9(18-5-17-6)10(21)12(23)24/h4-5,10H,2-3H2,1H3,(H,17,18)(H,23,24). The number of carbonyl (C=O) groups is 2. The molecule has 24 heavy (non-hydrogen) atoms. The van der Waals surface area contributed by atoms with Crippen LogP contribution in [0.3, 0.4) is 0 Å². The SMILES string of the molecule is Cn1nc(C(=O)N2CCc3[nH]cnc3C2C(=O)O)cc1C(F)(F)F. The zero-order valence-electron chi connectivity index (χ0n) is 12.3. The number of carboxylic acids is 1. The number of imidazole rings is 1. The first kappa shape index (κ1) is 16.0. The van der Waals surface area contributed by atoms with Crippen LogP contribution in [0.15, 0.2) is 12.4 Å². The lowest BCUT2D eigenvalue weighted by Crippen LogP contribution is -2.43. The van der Waals surface area contributed by atoms with E-state index in [-0.39, 0.29) is 12.2 Å². The number of hydrogen-bond acceptors (Lipinski definition) is 4. The van der Waals surface area contributed by atoms with E-state index in [4.69, 9.17) is 0 Å². The van der Waals surface area contributed by atoms with Gasteiger partial charge in [0.15, 0.2) is 11.7 Å². The maximum absolute atomic E-state index is 12.8. The van der Waals surface area contributed by atoms with Crippen LogP contribution in [-0.2, 0) is 24.4 Å². The fraction of sp³-hybridized carbons (Fsp3) is 0.385. The number of fused-ring (bicyclic) bond motifs is 1. The van der Waals surface area contributed by atoms with Gasteiger partial charge in [-0.05, 0) is 0 Å². The van der Waals surface area contributed by atoms with Crippen molar-refractivity contribution >= 4 is 11.9 Å². The number of hydrogen-bond donors (Lipinski definition) is 2. The molecule has 2 aromatic heterocycles. The Kier molecular flexibility index (Phi) is 3.57. The van der Waals surface area contributed by atoms with Gasteiger partial charge in [0.1, 0.15) is 5.69 Å². The van der Waals surface area contributed by atoms with Crippen molar-refractivity contribution in [1.82, 2.24) is 24.6 Å². The topological polar surface area (TPSA) is 104 Å². The second-order valence-electron chi connectivity index (χ2n) is 5.29. The fourth-order valence-electron chi connectivity index (χ4n) is 2.73. The number of carboxylic acid groups (broad SMARTS) is 1. The molecule has 0 saturated carbocycles. The van der Waals surface area contributed by atoms with E-state index >= 15 is 0 Å². The first-order valence-corrected chi connectivity index (χ1v) is 6.87. The van der Waals surface area contributed by atoms with Gasteiger partial charge in [0.05, 0.1) is 12.0 Å². The van der Waals surface area contributed by atoms with Crippen LogP contribution in [0.4, 0.5) is 13.2 Å². The minimum absolute atomic E-state index is 0.0307. The Morgan fingerprint density at radius 2 is 2.12 bits per heavy atom. The predicted octanol–water partition coefficient (Wildman–Crippen LogP) is 0.986. The van der Waals surface area contributed by atoms with Crippen LogP contribution in [0.5, 0.6) is 0 Å². The fourth-order valence-corrected chi connectivity index (χ4v) is 2.73. The zero-order valence-corrected chi connectivity index (χ0v) is 12.3. The highest BCUT2D eigenvalue weighted by atomic mass is 19.4. The third-order valence-corrected chi connectivity index (χ3v) is 3.81. The van der Waals surface area contributed by atoms with Crippen molar-refractivity contribution in [3.05, 3.63) is 35.2 Å². The summed E-state index contributed by atoms with van der Waals surface area (Å²) in [5, 5.41) is 13.0. The number of nitrogens with one attached hydrogen (secondary N) is 1. The summed E-state index contributed by atoms with van der Waals surface area (Å²) in [6.45, 7) is 0.0307. The normalized spacial score (nSPS) is 17.7. The number of H-pyrrole nitrogens is 1. The van der Waals surface area contributed by atoms with Crippen LogP contribution in [0, 0.1) is 0 Å². The largest absolute Gasteiger partial charge is 0.479 e. The van der Waals surface area contributed by atoms with Crippen molar-refractivity contribution in [3.8, 4) is 0 Å². The summed E-state index contributed by atoms with van der Waals surface area (Å²) in [5.41, 5.74) is -0.789.